The SMILES string of the molecule is CC(=O)NC1CCC(NC2CC2c2ccc(-c3cccc(C(F)(F)F)c3)nc2)CC1. The largest absolute Gasteiger partial charge is 0.416 e. The van der Waals surface area contributed by atoms with E-state index >= 15 is 0 Å². The topological polar surface area (TPSA) is 54.0 Å². The minimum absolute atomic E-state index is 0.0368. The minimum Gasteiger partial charge on any atom is -0.354 e. The summed E-state index contributed by atoms with van der Waals surface area (Å²) in [6, 6.07) is 10.2. The molecule has 30 heavy (non-hydrogen) atoms. The maximum Gasteiger partial charge on any atom is 0.416 e. The zero-order valence-corrected chi connectivity index (χ0v) is 16.9. The first-order chi connectivity index (χ1) is 14.3. The Morgan fingerprint density at radius 3 is 2.43 bits per heavy atom. The second-order valence-electron chi connectivity index (χ2n) is 8.42. The molecule has 0 saturated heterocycles. The van der Waals surface area contributed by atoms with Gasteiger partial charge in [0.15, 0.2) is 0 Å². The number of halogens is 3. The van der Waals surface area contributed by atoms with Crippen molar-refractivity contribution in [3.05, 3.63) is 53.7 Å². The van der Waals surface area contributed by atoms with E-state index in [2.05, 4.69) is 15.6 Å². The molecule has 0 radical (unpaired) electrons. The van der Waals surface area contributed by atoms with Crippen LogP contribution < -0.4 is 10.6 Å². The van der Waals surface area contributed by atoms with Crippen LogP contribution in [-0.2, 0) is 11.0 Å². The molecule has 1 heterocycles. The van der Waals surface area contributed by atoms with E-state index in [1.807, 2.05) is 6.07 Å². The molecule has 2 atom stereocenters. The Balaban J connectivity index is 1.31. The first-order valence-electron chi connectivity index (χ1n) is 10.5. The molecule has 0 spiro atoms. The van der Waals surface area contributed by atoms with E-state index in [1.54, 1.807) is 25.3 Å². The van der Waals surface area contributed by atoms with Gasteiger partial charge in [-0.25, -0.2) is 0 Å². The van der Waals surface area contributed by atoms with E-state index in [-0.39, 0.29) is 5.91 Å². The highest BCUT2D eigenvalue weighted by Gasteiger charge is 2.40. The Kier molecular flexibility index (Phi) is 5.82. The molecule has 1 aromatic heterocycles. The van der Waals surface area contributed by atoms with E-state index in [0.29, 0.717) is 35.3 Å². The molecule has 1 aromatic carbocycles. The molecule has 160 valence electrons. The summed E-state index contributed by atoms with van der Waals surface area (Å²) in [6.45, 7) is 1.56. The van der Waals surface area contributed by atoms with Crippen LogP contribution in [0.1, 0.15) is 56.1 Å². The number of carbonyl (C=O) groups excluding carboxylic acids is 1. The average Bonchev–Trinajstić information content (AvgIpc) is 3.48. The van der Waals surface area contributed by atoms with Crippen molar-refractivity contribution in [1.82, 2.24) is 15.6 Å². The average molecular weight is 417 g/mol. The van der Waals surface area contributed by atoms with Gasteiger partial charge in [0.05, 0.1) is 11.3 Å². The molecule has 0 bridgehead atoms. The third kappa shape index (κ3) is 5.01. The first kappa shape index (κ1) is 20.8. The van der Waals surface area contributed by atoms with Crippen molar-refractivity contribution in [3.8, 4) is 11.3 Å². The van der Waals surface area contributed by atoms with Gasteiger partial charge in [-0.2, -0.15) is 13.2 Å². The number of aromatic nitrogens is 1. The van der Waals surface area contributed by atoms with Crippen LogP contribution in [0, 0.1) is 0 Å². The molecule has 0 aliphatic heterocycles. The van der Waals surface area contributed by atoms with Gasteiger partial charge in [0, 0.05) is 42.7 Å². The fourth-order valence-corrected chi connectivity index (χ4v) is 4.39. The van der Waals surface area contributed by atoms with E-state index in [4.69, 9.17) is 0 Å². The van der Waals surface area contributed by atoms with Gasteiger partial charge in [-0.15, -0.1) is 0 Å². The molecule has 7 heteroatoms. The molecule has 2 aliphatic carbocycles. The quantitative estimate of drug-likeness (QED) is 0.744. The number of rotatable bonds is 5. The lowest BCUT2D eigenvalue weighted by Crippen LogP contribution is -2.42. The third-order valence-corrected chi connectivity index (χ3v) is 6.07. The zero-order valence-electron chi connectivity index (χ0n) is 16.9. The van der Waals surface area contributed by atoms with Gasteiger partial charge in [-0.3, -0.25) is 9.78 Å². The Morgan fingerprint density at radius 1 is 1.07 bits per heavy atom. The van der Waals surface area contributed by atoms with Crippen molar-refractivity contribution in [2.75, 3.05) is 0 Å². The van der Waals surface area contributed by atoms with Crippen molar-refractivity contribution in [2.45, 2.75) is 69.2 Å². The molecule has 2 unspecified atom stereocenters. The van der Waals surface area contributed by atoms with Crippen molar-refractivity contribution >= 4 is 5.91 Å². The Bertz CT molecular complexity index is 889. The number of alkyl halides is 3. The second kappa shape index (κ2) is 8.38. The van der Waals surface area contributed by atoms with Crippen LogP contribution in [0.25, 0.3) is 11.3 Å². The normalized spacial score (nSPS) is 26.3. The van der Waals surface area contributed by atoms with Crippen LogP contribution in [-0.4, -0.2) is 29.0 Å². The van der Waals surface area contributed by atoms with E-state index in [0.717, 1.165) is 49.8 Å². The summed E-state index contributed by atoms with van der Waals surface area (Å²) in [6.07, 6.45) is 2.60. The molecular formula is C23H26F3N3O. The number of hydrogen-bond donors (Lipinski definition) is 2. The molecular weight excluding hydrogens is 391 g/mol. The fraction of sp³-hybridized carbons (Fsp3) is 0.478. The van der Waals surface area contributed by atoms with Crippen molar-refractivity contribution in [3.63, 3.8) is 0 Å². The third-order valence-electron chi connectivity index (χ3n) is 6.07. The van der Waals surface area contributed by atoms with Crippen LogP contribution in [0.4, 0.5) is 13.2 Å². The Hall–Kier alpha value is -2.41. The number of benzene rings is 1. The van der Waals surface area contributed by atoms with Gasteiger partial charge in [-0.1, -0.05) is 18.2 Å². The summed E-state index contributed by atoms with van der Waals surface area (Å²) in [5, 5.41) is 6.72. The van der Waals surface area contributed by atoms with Gasteiger partial charge in [0.2, 0.25) is 5.91 Å². The summed E-state index contributed by atoms with van der Waals surface area (Å²) in [5.74, 6) is 0.441. The van der Waals surface area contributed by atoms with Gasteiger partial charge in [-0.05, 0) is 55.9 Å². The lowest BCUT2D eigenvalue weighted by atomic mass is 9.91. The van der Waals surface area contributed by atoms with E-state index in [9.17, 15) is 18.0 Å². The van der Waals surface area contributed by atoms with Crippen LogP contribution in [0.2, 0.25) is 0 Å². The number of nitrogens with zero attached hydrogens (tertiary/aromatic N) is 1. The highest BCUT2D eigenvalue weighted by molar-refractivity contribution is 5.73. The lowest BCUT2D eigenvalue weighted by molar-refractivity contribution is -0.137. The number of carbonyl (C=O) groups is 1. The van der Waals surface area contributed by atoms with Gasteiger partial charge in [0.1, 0.15) is 0 Å². The Morgan fingerprint density at radius 2 is 1.80 bits per heavy atom. The second-order valence-corrected chi connectivity index (χ2v) is 8.42. The number of amides is 1. The zero-order chi connectivity index (χ0) is 21.3. The van der Waals surface area contributed by atoms with Crippen LogP contribution >= 0.6 is 0 Å². The Labute approximate surface area is 174 Å². The maximum absolute atomic E-state index is 12.9. The molecule has 4 rings (SSSR count). The maximum atomic E-state index is 12.9. The van der Waals surface area contributed by atoms with Gasteiger partial charge in [0.25, 0.3) is 0 Å². The lowest BCUT2D eigenvalue weighted by Gasteiger charge is -2.29. The summed E-state index contributed by atoms with van der Waals surface area (Å²) in [5.41, 5.74) is 1.48. The fourth-order valence-electron chi connectivity index (χ4n) is 4.39. The highest BCUT2D eigenvalue weighted by atomic mass is 19.4. The number of pyridine rings is 1. The minimum atomic E-state index is -4.36. The summed E-state index contributed by atoms with van der Waals surface area (Å²) < 4.78 is 38.8. The standard InChI is InChI=1S/C23H26F3N3O/c1-14(30)28-18-6-8-19(9-7-18)29-22-12-20(22)16-5-10-21(27-13-16)15-3-2-4-17(11-15)23(24,25)26/h2-5,10-11,13,18-20,22,29H,6-9,12H2,1H3,(H,28,30). The first-order valence-corrected chi connectivity index (χ1v) is 10.5. The molecule has 4 nitrogen and oxygen atoms in total. The summed E-state index contributed by atoms with van der Waals surface area (Å²) >= 11 is 0. The number of hydrogen-bond acceptors (Lipinski definition) is 3. The molecule has 2 aliphatic rings. The monoisotopic (exact) mass is 417 g/mol. The van der Waals surface area contributed by atoms with E-state index in [1.165, 1.54) is 6.07 Å². The smallest absolute Gasteiger partial charge is 0.354 e. The van der Waals surface area contributed by atoms with Crippen LogP contribution in [0.15, 0.2) is 42.6 Å². The summed E-state index contributed by atoms with van der Waals surface area (Å²) in [4.78, 5) is 15.6. The molecule has 2 fully saturated rings. The number of nitrogens with one attached hydrogen (secondary N) is 2. The predicted octanol–water partition coefficient (Wildman–Crippen LogP) is 4.66. The van der Waals surface area contributed by atoms with E-state index < -0.39 is 11.7 Å². The molecule has 1 amide bonds. The molecule has 2 N–H and O–H groups in total. The highest BCUT2D eigenvalue weighted by Crippen LogP contribution is 2.42. The predicted molar refractivity (Wildman–Crippen MR) is 109 cm³/mol. The van der Waals surface area contributed by atoms with Crippen molar-refractivity contribution in [1.29, 1.82) is 0 Å². The molecule has 2 aromatic rings. The summed E-state index contributed by atoms with van der Waals surface area (Å²) in [7, 11) is 0. The van der Waals surface area contributed by atoms with Gasteiger partial charge >= 0.3 is 6.18 Å². The van der Waals surface area contributed by atoms with Crippen molar-refractivity contribution in [2.24, 2.45) is 0 Å². The molecule has 2 saturated carbocycles. The van der Waals surface area contributed by atoms with Crippen molar-refractivity contribution < 1.29 is 18.0 Å². The van der Waals surface area contributed by atoms with Crippen LogP contribution in [0.5, 0.6) is 0 Å². The van der Waals surface area contributed by atoms with Crippen LogP contribution in [0.3, 0.4) is 0 Å². The van der Waals surface area contributed by atoms with Gasteiger partial charge < -0.3 is 10.6 Å².